The number of rotatable bonds is 7. The van der Waals surface area contributed by atoms with E-state index in [9.17, 15) is 4.79 Å². The van der Waals surface area contributed by atoms with Gasteiger partial charge in [0.15, 0.2) is 0 Å². The number of hydrogen-bond donors (Lipinski definition) is 1. The van der Waals surface area contributed by atoms with E-state index >= 15 is 0 Å². The van der Waals surface area contributed by atoms with Crippen LogP contribution in [0.1, 0.15) is 12.7 Å². The molecule has 0 saturated carbocycles. The predicted molar refractivity (Wildman–Crippen MR) is 134 cm³/mol. The molecule has 1 N–H and O–H groups in total. The van der Waals surface area contributed by atoms with Crippen LogP contribution in [0.4, 0.5) is 10.5 Å². The number of ether oxygens (including phenoxy) is 1. The molecule has 5 rings (SSSR count). The molecule has 3 heterocycles. The van der Waals surface area contributed by atoms with Gasteiger partial charge < -0.3 is 24.4 Å². The zero-order valence-electron chi connectivity index (χ0n) is 20.1. The van der Waals surface area contributed by atoms with Crippen molar-refractivity contribution in [1.29, 1.82) is 0 Å². The quantitative estimate of drug-likeness (QED) is 0.443. The van der Waals surface area contributed by atoms with Gasteiger partial charge in [0.2, 0.25) is 0 Å². The second-order valence-electron chi connectivity index (χ2n) is 8.45. The van der Waals surface area contributed by atoms with Crippen LogP contribution >= 0.6 is 0 Å². The number of urea groups is 1. The van der Waals surface area contributed by atoms with Gasteiger partial charge in [-0.1, -0.05) is 12.1 Å². The van der Waals surface area contributed by atoms with Gasteiger partial charge >= 0.3 is 6.03 Å². The van der Waals surface area contributed by atoms with Gasteiger partial charge in [-0.05, 0) is 38.1 Å². The van der Waals surface area contributed by atoms with Crippen molar-refractivity contribution >= 4 is 22.8 Å². The Balaban J connectivity index is 1.16. The van der Waals surface area contributed by atoms with E-state index in [-0.39, 0.29) is 6.03 Å². The third kappa shape index (κ3) is 4.91. The van der Waals surface area contributed by atoms with Crippen LogP contribution in [0.5, 0.6) is 5.75 Å². The van der Waals surface area contributed by atoms with E-state index in [0.29, 0.717) is 38.6 Å². The maximum Gasteiger partial charge on any atom is 0.317 e. The van der Waals surface area contributed by atoms with Crippen LogP contribution in [0.3, 0.4) is 0 Å². The Morgan fingerprint density at radius 3 is 2.66 bits per heavy atom. The Hall–Kier alpha value is -4.08. The molecule has 0 spiro atoms. The molecule has 2 amide bonds. The van der Waals surface area contributed by atoms with Crippen LogP contribution in [0, 0.1) is 6.92 Å². The monoisotopic (exact) mass is 474 g/mol. The lowest BCUT2D eigenvalue weighted by Gasteiger charge is -2.36. The molecular weight excluding hydrogens is 444 g/mol. The van der Waals surface area contributed by atoms with Crippen molar-refractivity contribution in [2.24, 2.45) is 0 Å². The fraction of sp³-hybridized carbons (Fsp3) is 0.360. The minimum Gasteiger partial charge on any atom is -0.492 e. The number of hydrogen-bond acceptors (Lipinski definition) is 6. The first-order valence-electron chi connectivity index (χ1n) is 12.0. The third-order valence-corrected chi connectivity index (χ3v) is 6.18. The summed E-state index contributed by atoms with van der Waals surface area (Å²) in [5.74, 6) is 1.48. The van der Waals surface area contributed by atoms with Gasteiger partial charge in [0, 0.05) is 51.0 Å². The molecule has 10 heteroatoms. The Morgan fingerprint density at radius 2 is 1.89 bits per heavy atom. The average molecular weight is 475 g/mol. The highest BCUT2D eigenvalue weighted by molar-refractivity contribution is 5.76. The van der Waals surface area contributed by atoms with E-state index in [2.05, 4.69) is 35.9 Å². The highest BCUT2D eigenvalue weighted by atomic mass is 16.5. The first-order valence-corrected chi connectivity index (χ1v) is 12.0. The number of fused-ring (bicyclic) bond motifs is 1. The fourth-order valence-electron chi connectivity index (χ4n) is 4.37. The molecule has 0 bridgehead atoms. The SMILES string of the molecule is CCOc1cc(N2CCN(C(=O)NCCn3cnc4ccccc43)CC2)ccc1-n1cnc(C)n1. The van der Waals surface area contributed by atoms with Gasteiger partial charge in [-0.25, -0.2) is 19.4 Å². The number of aromatic nitrogens is 5. The number of carbonyl (C=O) groups excluding carboxylic acids is 1. The molecule has 2 aromatic heterocycles. The lowest BCUT2D eigenvalue weighted by molar-refractivity contribution is 0.194. The summed E-state index contributed by atoms with van der Waals surface area (Å²) in [5.41, 5.74) is 3.97. The van der Waals surface area contributed by atoms with Gasteiger partial charge in [0.1, 0.15) is 23.6 Å². The Kier molecular flexibility index (Phi) is 6.51. The zero-order valence-corrected chi connectivity index (χ0v) is 20.1. The van der Waals surface area contributed by atoms with Gasteiger partial charge in [0.25, 0.3) is 0 Å². The minimum absolute atomic E-state index is 0.0269. The number of nitrogens with zero attached hydrogens (tertiary/aromatic N) is 7. The Morgan fingerprint density at radius 1 is 1.06 bits per heavy atom. The first kappa shape index (κ1) is 22.7. The zero-order chi connectivity index (χ0) is 24.2. The standard InChI is InChI=1S/C25H30N8O2/c1-3-35-24-16-20(8-9-23(24)33-18-27-19(2)29-33)30-12-14-31(15-13-30)25(34)26-10-11-32-17-28-21-6-4-5-7-22(21)32/h4-9,16-18H,3,10-15H2,1-2H3,(H,26,34). The number of aryl methyl sites for hydroxylation is 1. The van der Waals surface area contributed by atoms with E-state index in [4.69, 9.17) is 4.74 Å². The maximum atomic E-state index is 12.7. The molecule has 10 nitrogen and oxygen atoms in total. The maximum absolute atomic E-state index is 12.7. The molecule has 0 atom stereocenters. The predicted octanol–water partition coefficient (Wildman–Crippen LogP) is 2.86. The minimum atomic E-state index is -0.0269. The molecule has 0 aliphatic carbocycles. The van der Waals surface area contributed by atoms with E-state index < -0.39 is 0 Å². The number of imidazole rings is 1. The molecule has 1 saturated heterocycles. The molecule has 182 valence electrons. The number of anilines is 1. The van der Waals surface area contributed by atoms with Crippen LogP contribution in [0.25, 0.3) is 16.7 Å². The highest BCUT2D eigenvalue weighted by Crippen LogP contribution is 2.29. The van der Waals surface area contributed by atoms with Gasteiger partial charge in [-0.15, -0.1) is 0 Å². The summed E-state index contributed by atoms with van der Waals surface area (Å²) in [6.45, 7) is 8.47. The first-order chi connectivity index (χ1) is 17.1. The fourth-order valence-corrected chi connectivity index (χ4v) is 4.37. The largest absolute Gasteiger partial charge is 0.492 e. The van der Waals surface area contributed by atoms with Gasteiger partial charge in [-0.3, -0.25) is 0 Å². The number of nitrogens with one attached hydrogen (secondary N) is 1. The number of carbonyl (C=O) groups is 1. The molecule has 0 radical (unpaired) electrons. The molecule has 2 aromatic carbocycles. The Bertz CT molecular complexity index is 1310. The lowest BCUT2D eigenvalue weighted by atomic mass is 10.2. The smallest absolute Gasteiger partial charge is 0.317 e. The lowest BCUT2D eigenvalue weighted by Crippen LogP contribution is -2.52. The van der Waals surface area contributed by atoms with E-state index in [1.54, 1.807) is 11.0 Å². The summed E-state index contributed by atoms with van der Waals surface area (Å²) in [7, 11) is 0. The van der Waals surface area contributed by atoms with Crippen molar-refractivity contribution < 1.29 is 9.53 Å². The number of benzene rings is 2. The van der Waals surface area contributed by atoms with E-state index in [1.165, 1.54) is 0 Å². The van der Waals surface area contributed by atoms with Gasteiger partial charge in [0.05, 0.1) is 24.0 Å². The van der Waals surface area contributed by atoms with Crippen LogP contribution in [-0.4, -0.2) is 74.6 Å². The second kappa shape index (κ2) is 10.0. The van der Waals surface area contributed by atoms with Crippen molar-refractivity contribution in [3.63, 3.8) is 0 Å². The second-order valence-corrected chi connectivity index (χ2v) is 8.45. The molecule has 35 heavy (non-hydrogen) atoms. The van der Waals surface area contributed by atoms with Crippen LogP contribution in [-0.2, 0) is 6.54 Å². The van der Waals surface area contributed by atoms with E-state index in [0.717, 1.165) is 41.2 Å². The van der Waals surface area contributed by atoms with Crippen molar-refractivity contribution in [3.8, 4) is 11.4 Å². The normalized spacial score (nSPS) is 13.9. The van der Waals surface area contributed by atoms with Crippen molar-refractivity contribution in [3.05, 3.63) is 60.9 Å². The molecule has 4 aromatic rings. The highest BCUT2D eigenvalue weighted by Gasteiger charge is 2.22. The average Bonchev–Trinajstić information content (AvgIpc) is 3.50. The van der Waals surface area contributed by atoms with Crippen molar-refractivity contribution in [2.75, 3.05) is 44.2 Å². The molecular formula is C25H30N8O2. The van der Waals surface area contributed by atoms with Crippen LogP contribution < -0.4 is 15.0 Å². The van der Waals surface area contributed by atoms with Crippen molar-refractivity contribution in [2.45, 2.75) is 20.4 Å². The third-order valence-electron chi connectivity index (χ3n) is 6.18. The topological polar surface area (TPSA) is 93.3 Å². The van der Waals surface area contributed by atoms with Crippen molar-refractivity contribution in [1.82, 2.24) is 34.5 Å². The summed E-state index contributed by atoms with van der Waals surface area (Å²) in [6, 6.07) is 14.1. The summed E-state index contributed by atoms with van der Waals surface area (Å²) in [4.78, 5) is 25.5. The van der Waals surface area contributed by atoms with Crippen LogP contribution in [0.15, 0.2) is 55.1 Å². The summed E-state index contributed by atoms with van der Waals surface area (Å²) >= 11 is 0. The molecule has 0 unspecified atom stereocenters. The molecule has 1 aliphatic heterocycles. The van der Waals surface area contributed by atoms with Gasteiger partial charge in [-0.2, -0.15) is 5.10 Å². The number of amides is 2. The summed E-state index contributed by atoms with van der Waals surface area (Å²) in [6.07, 6.45) is 3.51. The molecule has 1 aliphatic rings. The summed E-state index contributed by atoms with van der Waals surface area (Å²) in [5, 5.41) is 7.45. The number of piperazine rings is 1. The molecule has 1 fully saturated rings. The number of para-hydroxylation sites is 2. The summed E-state index contributed by atoms with van der Waals surface area (Å²) < 4.78 is 9.70. The Labute approximate surface area is 204 Å². The van der Waals surface area contributed by atoms with Crippen LogP contribution in [0.2, 0.25) is 0 Å². The van der Waals surface area contributed by atoms with E-state index in [1.807, 2.05) is 61.5 Å².